The lowest BCUT2D eigenvalue weighted by atomic mass is 10.2. The number of rotatable bonds is 3. The summed E-state index contributed by atoms with van der Waals surface area (Å²) >= 11 is -2.24. The van der Waals surface area contributed by atoms with Crippen molar-refractivity contribution in [3.63, 3.8) is 0 Å². The Morgan fingerprint density at radius 1 is 1.69 bits per heavy atom. The molecule has 0 radical (unpaired) electrons. The molecule has 1 unspecified atom stereocenters. The van der Waals surface area contributed by atoms with Crippen LogP contribution in [0.25, 0.3) is 0 Å². The maximum absolute atomic E-state index is 10.8. The molecular weight excluding hydrogens is 192 g/mol. The van der Waals surface area contributed by atoms with Crippen molar-refractivity contribution in [1.29, 1.82) is 0 Å². The van der Waals surface area contributed by atoms with Gasteiger partial charge >= 0.3 is 0 Å². The second kappa shape index (κ2) is 4.11. The van der Waals surface area contributed by atoms with Gasteiger partial charge in [-0.2, -0.15) is 0 Å². The minimum atomic E-state index is -2.24. The Hall–Kier alpha value is -1.27. The lowest BCUT2D eigenvalue weighted by molar-refractivity contribution is 0.0995. The van der Waals surface area contributed by atoms with Gasteiger partial charge in [-0.25, -0.2) is 0 Å². The first kappa shape index (κ1) is 9.82. The van der Waals surface area contributed by atoms with E-state index < -0.39 is 17.0 Å². The maximum Gasteiger partial charge on any atom is 0.267 e. The van der Waals surface area contributed by atoms with Gasteiger partial charge in [0.2, 0.25) is 0 Å². The molecule has 1 rings (SSSR count). The molecule has 0 fully saturated rings. The Morgan fingerprint density at radius 2 is 2.38 bits per heavy atom. The normalized spacial score (nSPS) is 12.4. The van der Waals surface area contributed by atoms with Gasteiger partial charge in [0.15, 0.2) is 0 Å². The van der Waals surface area contributed by atoms with E-state index in [1.54, 1.807) is 6.07 Å². The van der Waals surface area contributed by atoms with E-state index in [0.717, 1.165) is 0 Å². The van der Waals surface area contributed by atoms with Crippen LogP contribution < -0.4 is 5.73 Å². The number of aromatic nitrogens is 1. The fourth-order valence-corrected chi connectivity index (χ4v) is 1.39. The quantitative estimate of drug-likeness (QED) is 0.667. The van der Waals surface area contributed by atoms with E-state index in [2.05, 4.69) is 4.98 Å². The lowest BCUT2D eigenvalue weighted by Gasteiger charge is -2.06. The first-order valence-corrected chi connectivity index (χ1v) is 4.65. The second-order valence-electron chi connectivity index (χ2n) is 2.32. The summed E-state index contributed by atoms with van der Waals surface area (Å²) < 4.78 is 20.7. The summed E-state index contributed by atoms with van der Waals surface area (Å²) in [5.41, 5.74) is 5.32. The van der Waals surface area contributed by atoms with Crippen LogP contribution in [0.4, 0.5) is 0 Å². The van der Waals surface area contributed by atoms with Gasteiger partial charge in [0.25, 0.3) is 5.91 Å². The van der Waals surface area contributed by atoms with Crippen LogP contribution in [0.2, 0.25) is 0 Å². The average molecular weight is 199 g/mol. The minimum Gasteiger partial charge on any atom is -0.772 e. The predicted octanol–water partition coefficient (Wildman–Crippen LogP) is -0.440. The monoisotopic (exact) mass is 199 g/mol. The highest BCUT2D eigenvalue weighted by Crippen LogP contribution is 2.06. The zero-order chi connectivity index (χ0) is 9.84. The van der Waals surface area contributed by atoms with E-state index in [-0.39, 0.29) is 11.4 Å². The zero-order valence-corrected chi connectivity index (χ0v) is 7.41. The topological polar surface area (TPSA) is 96.1 Å². The van der Waals surface area contributed by atoms with E-state index in [0.29, 0.717) is 5.56 Å². The fraction of sp³-hybridized carbons (Fsp3) is 0.143. The van der Waals surface area contributed by atoms with E-state index in [9.17, 15) is 13.6 Å². The first-order valence-electron chi connectivity index (χ1n) is 3.41. The van der Waals surface area contributed by atoms with E-state index in [4.69, 9.17) is 5.73 Å². The van der Waals surface area contributed by atoms with E-state index >= 15 is 0 Å². The van der Waals surface area contributed by atoms with Gasteiger partial charge in [-0.15, -0.1) is 0 Å². The standard InChI is InChI=1S/C7H8N2O3S/c8-7(10)6-5(4-13(11)12)2-1-3-9-6/h1-3H,4H2,(H2,8,10)(H,11,12)/p-1. The minimum absolute atomic E-state index is 0.00620. The number of carbonyl (C=O) groups is 1. The molecule has 5 nitrogen and oxygen atoms in total. The third-order valence-electron chi connectivity index (χ3n) is 1.40. The van der Waals surface area contributed by atoms with Crippen LogP contribution in [0.3, 0.4) is 0 Å². The van der Waals surface area contributed by atoms with Gasteiger partial charge in [-0.1, -0.05) is 17.1 Å². The number of nitrogens with zero attached hydrogens (tertiary/aromatic N) is 1. The highest BCUT2D eigenvalue weighted by atomic mass is 32.2. The molecule has 1 aromatic rings. The molecule has 6 heteroatoms. The highest BCUT2D eigenvalue weighted by Gasteiger charge is 2.07. The number of nitrogens with two attached hydrogens (primary N) is 1. The van der Waals surface area contributed by atoms with Crippen molar-refractivity contribution >= 4 is 17.0 Å². The van der Waals surface area contributed by atoms with Crippen LogP contribution in [0.5, 0.6) is 0 Å². The summed E-state index contributed by atoms with van der Waals surface area (Å²) in [6.45, 7) is 0. The number of hydrogen-bond donors (Lipinski definition) is 1. The smallest absolute Gasteiger partial charge is 0.267 e. The summed E-state index contributed by atoms with van der Waals surface area (Å²) in [7, 11) is 0. The van der Waals surface area contributed by atoms with Crippen molar-refractivity contribution in [2.45, 2.75) is 5.75 Å². The molecule has 0 aromatic carbocycles. The van der Waals surface area contributed by atoms with Crippen LogP contribution >= 0.6 is 0 Å². The van der Waals surface area contributed by atoms with Gasteiger partial charge < -0.3 is 10.3 Å². The third-order valence-corrected chi connectivity index (χ3v) is 1.94. The molecule has 0 bridgehead atoms. The van der Waals surface area contributed by atoms with Gasteiger partial charge in [-0.05, 0) is 11.6 Å². The Bertz CT molecular complexity index is 353. The molecule has 0 aliphatic heterocycles. The molecule has 0 spiro atoms. The molecular formula is C7H7N2O3S-. The number of carbonyl (C=O) groups excluding carboxylic acids is 1. The van der Waals surface area contributed by atoms with Crippen LogP contribution in [0, 0.1) is 0 Å². The molecule has 2 N–H and O–H groups in total. The van der Waals surface area contributed by atoms with Crippen molar-refractivity contribution in [1.82, 2.24) is 4.98 Å². The van der Waals surface area contributed by atoms with Crippen LogP contribution in [0.15, 0.2) is 18.3 Å². The van der Waals surface area contributed by atoms with Crippen molar-refractivity contribution in [3.8, 4) is 0 Å². The lowest BCUT2D eigenvalue weighted by Crippen LogP contribution is -2.16. The van der Waals surface area contributed by atoms with Crippen LogP contribution in [0.1, 0.15) is 16.1 Å². The predicted molar refractivity (Wildman–Crippen MR) is 45.4 cm³/mol. The van der Waals surface area contributed by atoms with Crippen molar-refractivity contribution in [2.24, 2.45) is 5.73 Å². The van der Waals surface area contributed by atoms with Crippen LogP contribution in [-0.4, -0.2) is 19.7 Å². The SMILES string of the molecule is NC(=O)c1ncccc1CS(=O)[O-]. The maximum atomic E-state index is 10.8. The summed E-state index contributed by atoms with van der Waals surface area (Å²) in [6.07, 6.45) is 1.39. The number of hydrogen-bond acceptors (Lipinski definition) is 4. The molecule has 0 aliphatic carbocycles. The Kier molecular flexibility index (Phi) is 3.10. The Balaban J connectivity index is 3.04. The molecule has 1 heterocycles. The first-order chi connectivity index (χ1) is 6.11. The van der Waals surface area contributed by atoms with E-state index in [1.165, 1.54) is 12.3 Å². The van der Waals surface area contributed by atoms with Gasteiger partial charge in [0.1, 0.15) is 5.69 Å². The molecule has 1 aromatic heterocycles. The molecule has 1 atom stereocenters. The van der Waals surface area contributed by atoms with Gasteiger partial charge in [0, 0.05) is 11.9 Å². The third kappa shape index (κ3) is 2.60. The number of primary amides is 1. The molecule has 1 amide bonds. The Morgan fingerprint density at radius 3 is 2.92 bits per heavy atom. The summed E-state index contributed by atoms with van der Waals surface area (Å²) in [6, 6.07) is 3.05. The molecule has 0 saturated carbocycles. The Labute approximate surface area is 77.3 Å². The zero-order valence-electron chi connectivity index (χ0n) is 6.60. The number of amides is 1. The highest BCUT2D eigenvalue weighted by molar-refractivity contribution is 7.78. The largest absolute Gasteiger partial charge is 0.772 e. The van der Waals surface area contributed by atoms with Crippen molar-refractivity contribution in [3.05, 3.63) is 29.6 Å². The van der Waals surface area contributed by atoms with E-state index in [1.807, 2.05) is 0 Å². The fourth-order valence-electron chi connectivity index (χ4n) is 0.904. The summed E-state index contributed by atoms with van der Waals surface area (Å²) in [4.78, 5) is 14.4. The van der Waals surface area contributed by atoms with Crippen molar-refractivity contribution < 1.29 is 13.6 Å². The molecule has 13 heavy (non-hydrogen) atoms. The second-order valence-corrected chi connectivity index (χ2v) is 3.22. The average Bonchev–Trinajstić information content (AvgIpc) is 2.03. The summed E-state index contributed by atoms with van der Waals surface area (Å²) in [5, 5.41) is 0. The number of pyridine rings is 1. The van der Waals surface area contributed by atoms with Crippen LogP contribution in [-0.2, 0) is 16.8 Å². The molecule has 70 valence electrons. The van der Waals surface area contributed by atoms with Crippen molar-refractivity contribution in [2.75, 3.05) is 0 Å². The molecule has 0 saturated heterocycles. The summed E-state index contributed by atoms with van der Waals surface area (Å²) in [5.74, 6) is -0.965. The van der Waals surface area contributed by atoms with Gasteiger partial charge in [0.05, 0.1) is 0 Å². The molecule has 0 aliphatic rings. The van der Waals surface area contributed by atoms with Gasteiger partial charge in [-0.3, -0.25) is 14.0 Å².